The SMILES string of the molecule is CN=C(CC=C(C)Cc1cc(C(=O)NCC2CCOCC2O)nc2c1CCCC2)c1cnccn1. The number of rotatable bonds is 8. The maximum atomic E-state index is 13.0. The van der Waals surface area contributed by atoms with Crippen LogP contribution in [-0.4, -0.2) is 64.6 Å². The zero-order chi connectivity index (χ0) is 24.6. The summed E-state index contributed by atoms with van der Waals surface area (Å²) in [5, 5.41) is 13.1. The summed E-state index contributed by atoms with van der Waals surface area (Å²) in [6.07, 6.45) is 13.0. The van der Waals surface area contributed by atoms with Gasteiger partial charge in [-0.3, -0.25) is 19.8 Å². The molecule has 2 N–H and O–H groups in total. The highest BCUT2D eigenvalue weighted by molar-refractivity contribution is 5.99. The van der Waals surface area contributed by atoms with Crippen molar-refractivity contribution in [3.05, 3.63) is 64.5 Å². The van der Waals surface area contributed by atoms with Crippen LogP contribution in [0.1, 0.15) is 65.6 Å². The lowest BCUT2D eigenvalue weighted by atomic mass is 9.89. The number of amides is 1. The number of aliphatic hydroxyl groups excluding tert-OH is 1. The molecule has 0 aromatic carbocycles. The van der Waals surface area contributed by atoms with Crippen LogP contribution in [0.3, 0.4) is 0 Å². The van der Waals surface area contributed by atoms with Crippen molar-refractivity contribution in [3.8, 4) is 0 Å². The Kier molecular flexibility index (Phi) is 8.71. The summed E-state index contributed by atoms with van der Waals surface area (Å²) >= 11 is 0. The van der Waals surface area contributed by atoms with Crippen molar-refractivity contribution in [1.82, 2.24) is 20.3 Å². The minimum absolute atomic E-state index is 0.0127. The van der Waals surface area contributed by atoms with Gasteiger partial charge in [0.15, 0.2) is 0 Å². The van der Waals surface area contributed by atoms with Gasteiger partial charge in [0.1, 0.15) is 11.4 Å². The topological polar surface area (TPSA) is 110 Å². The lowest BCUT2D eigenvalue weighted by Gasteiger charge is -2.27. The van der Waals surface area contributed by atoms with Crippen molar-refractivity contribution in [2.24, 2.45) is 10.9 Å². The largest absolute Gasteiger partial charge is 0.390 e. The first-order valence-corrected chi connectivity index (χ1v) is 12.5. The van der Waals surface area contributed by atoms with E-state index in [9.17, 15) is 9.90 Å². The number of nitrogens with zero attached hydrogens (tertiary/aromatic N) is 4. The summed E-state index contributed by atoms with van der Waals surface area (Å²) < 4.78 is 5.29. The highest BCUT2D eigenvalue weighted by Crippen LogP contribution is 2.26. The second-order valence-electron chi connectivity index (χ2n) is 9.39. The second kappa shape index (κ2) is 12.1. The Balaban J connectivity index is 1.48. The van der Waals surface area contributed by atoms with Crippen molar-refractivity contribution < 1.29 is 14.6 Å². The predicted molar refractivity (Wildman–Crippen MR) is 135 cm³/mol. The number of pyridine rings is 1. The normalized spacial score (nSPS) is 20.9. The fraction of sp³-hybridized carbons (Fsp3) is 0.519. The molecular weight excluding hydrogens is 442 g/mol. The number of nitrogens with one attached hydrogen (secondary N) is 1. The quantitative estimate of drug-likeness (QED) is 0.447. The van der Waals surface area contributed by atoms with Crippen LogP contribution in [-0.2, 0) is 24.0 Å². The van der Waals surface area contributed by atoms with Gasteiger partial charge in [0, 0.05) is 50.6 Å². The minimum Gasteiger partial charge on any atom is -0.390 e. The van der Waals surface area contributed by atoms with Crippen molar-refractivity contribution in [1.29, 1.82) is 0 Å². The Morgan fingerprint density at radius 3 is 2.91 bits per heavy atom. The van der Waals surface area contributed by atoms with E-state index in [4.69, 9.17) is 9.72 Å². The molecule has 0 bridgehead atoms. The number of aliphatic imine (C=N–C) groups is 1. The van der Waals surface area contributed by atoms with Gasteiger partial charge in [0.05, 0.1) is 24.6 Å². The zero-order valence-electron chi connectivity index (χ0n) is 20.7. The molecule has 1 amide bonds. The molecule has 2 unspecified atom stereocenters. The van der Waals surface area contributed by atoms with E-state index in [-0.39, 0.29) is 11.8 Å². The number of carbonyl (C=O) groups is 1. The number of carbonyl (C=O) groups excluding carboxylic acids is 1. The fourth-order valence-corrected chi connectivity index (χ4v) is 4.78. The number of aryl methyl sites for hydroxylation is 1. The Hall–Kier alpha value is -2.97. The number of allylic oxidation sites excluding steroid dienone is 2. The summed E-state index contributed by atoms with van der Waals surface area (Å²) in [6.45, 7) is 3.49. The molecule has 1 aliphatic carbocycles. The van der Waals surface area contributed by atoms with Crippen LogP contribution in [0.2, 0.25) is 0 Å². The summed E-state index contributed by atoms with van der Waals surface area (Å²) in [7, 11) is 1.77. The highest BCUT2D eigenvalue weighted by atomic mass is 16.5. The van der Waals surface area contributed by atoms with Crippen LogP contribution in [0.5, 0.6) is 0 Å². The third kappa shape index (κ3) is 6.58. The average molecular weight is 478 g/mol. The van der Waals surface area contributed by atoms with Crippen LogP contribution < -0.4 is 5.32 Å². The lowest BCUT2D eigenvalue weighted by molar-refractivity contribution is -0.0425. The molecule has 0 spiro atoms. The van der Waals surface area contributed by atoms with Crippen LogP contribution in [0, 0.1) is 5.92 Å². The van der Waals surface area contributed by atoms with E-state index in [1.807, 2.05) is 6.07 Å². The van der Waals surface area contributed by atoms with Crippen LogP contribution >= 0.6 is 0 Å². The molecule has 2 atom stereocenters. The standard InChI is InChI=1S/C27H35N5O3/c1-18(7-8-23(28-2)25-16-29-10-11-30-25)13-20-14-24(32-22-6-4-3-5-21(20)22)27(34)31-15-19-9-12-35-17-26(19)33/h7,10-11,14,16,19,26,33H,3-6,8-9,12-13,15,17H2,1-2H3,(H,31,34). The number of hydrogen-bond acceptors (Lipinski definition) is 7. The summed E-state index contributed by atoms with van der Waals surface area (Å²) in [5.41, 5.74) is 6.87. The Bertz CT molecular complexity index is 1080. The molecule has 3 heterocycles. The number of aliphatic hydroxyl groups is 1. The third-order valence-corrected chi connectivity index (χ3v) is 6.86. The first kappa shape index (κ1) is 25.1. The molecular formula is C27H35N5O3. The molecule has 2 aromatic rings. The number of hydrogen-bond donors (Lipinski definition) is 2. The van der Waals surface area contributed by atoms with E-state index in [1.54, 1.807) is 25.6 Å². The van der Waals surface area contributed by atoms with Gasteiger partial charge in [-0.1, -0.05) is 11.6 Å². The van der Waals surface area contributed by atoms with E-state index in [0.717, 1.165) is 55.6 Å². The minimum atomic E-state index is -0.540. The molecule has 2 aromatic heterocycles. The van der Waals surface area contributed by atoms with Gasteiger partial charge in [-0.2, -0.15) is 0 Å². The zero-order valence-corrected chi connectivity index (χ0v) is 20.7. The Morgan fingerprint density at radius 1 is 1.29 bits per heavy atom. The second-order valence-corrected chi connectivity index (χ2v) is 9.39. The molecule has 8 nitrogen and oxygen atoms in total. The van der Waals surface area contributed by atoms with Gasteiger partial charge >= 0.3 is 0 Å². The van der Waals surface area contributed by atoms with Crippen LogP contribution in [0.15, 0.2) is 41.3 Å². The van der Waals surface area contributed by atoms with Gasteiger partial charge in [0.25, 0.3) is 5.91 Å². The number of fused-ring (bicyclic) bond motifs is 1. The monoisotopic (exact) mass is 477 g/mol. The van der Waals surface area contributed by atoms with E-state index >= 15 is 0 Å². The van der Waals surface area contributed by atoms with Gasteiger partial charge in [-0.25, -0.2) is 4.98 Å². The predicted octanol–water partition coefficient (Wildman–Crippen LogP) is 2.88. The lowest BCUT2D eigenvalue weighted by Crippen LogP contribution is -2.40. The molecule has 0 saturated carbocycles. The maximum Gasteiger partial charge on any atom is 0.269 e. The molecule has 1 fully saturated rings. The average Bonchev–Trinajstić information content (AvgIpc) is 2.89. The summed E-state index contributed by atoms with van der Waals surface area (Å²) in [5.74, 6) is -0.165. The fourth-order valence-electron chi connectivity index (χ4n) is 4.78. The smallest absolute Gasteiger partial charge is 0.269 e. The summed E-state index contributed by atoms with van der Waals surface area (Å²) in [6, 6.07) is 1.95. The Labute approximate surface area is 207 Å². The van der Waals surface area contributed by atoms with E-state index in [2.05, 4.69) is 33.3 Å². The molecule has 0 radical (unpaired) electrons. The van der Waals surface area contributed by atoms with E-state index in [1.165, 1.54) is 16.7 Å². The van der Waals surface area contributed by atoms with Crippen molar-refractivity contribution in [2.75, 3.05) is 26.8 Å². The van der Waals surface area contributed by atoms with Crippen molar-refractivity contribution >= 4 is 11.6 Å². The third-order valence-electron chi connectivity index (χ3n) is 6.86. The van der Waals surface area contributed by atoms with Crippen molar-refractivity contribution in [3.63, 3.8) is 0 Å². The maximum absolute atomic E-state index is 13.0. The summed E-state index contributed by atoms with van der Waals surface area (Å²) in [4.78, 5) is 30.6. The molecule has 4 rings (SSSR count). The molecule has 186 valence electrons. The molecule has 1 aliphatic heterocycles. The first-order chi connectivity index (χ1) is 17.0. The number of aromatic nitrogens is 3. The molecule has 2 aliphatic rings. The van der Waals surface area contributed by atoms with E-state index < -0.39 is 6.10 Å². The van der Waals surface area contributed by atoms with Gasteiger partial charge in [-0.05, 0) is 62.6 Å². The molecule has 8 heteroatoms. The van der Waals surface area contributed by atoms with E-state index in [0.29, 0.717) is 31.9 Å². The van der Waals surface area contributed by atoms with Gasteiger partial charge < -0.3 is 15.2 Å². The molecule has 1 saturated heterocycles. The van der Waals surface area contributed by atoms with Gasteiger partial charge in [-0.15, -0.1) is 0 Å². The van der Waals surface area contributed by atoms with Crippen LogP contribution in [0.4, 0.5) is 0 Å². The Morgan fingerprint density at radius 2 is 2.14 bits per heavy atom. The number of ether oxygens (including phenoxy) is 1. The molecule has 35 heavy (non-hydrogen) atoms. The van der Waals surface area contributed by atoms with Crippen molar-refractivity contribution in [2.45, 2.75) is 58.0 Å². The van der Waals surface area contributed by atoms with Gasteiger partial charge in [0.2, 0.25) is 0 Å². The van der Waals surface area contributed by atoms with Crippen LogP contribution in [0.25, 0.3) is 0 Å². The first-order valence-electron chi connectivity index (χ1n) is 12.5. The highest BCUT2D eigenvalue weighted by Gasteiger charge is 2.25.